The van der Waals surface area contributed by atoms with Crippen LogP contribution in [0.2, 0.25) is 0 Å². The number of aryl methyl sites for hydroxylation is 1. The van der Waals surface area contributed by atoms with Gasteiger partial charge in [0, 0.05) is 17.6 Å². The topological polar surface area (TPSA) is 87.7 Å². The Labute approximate surface area is 236 Å². The van der Waals surface area contributed by atoms with Gasteiger partial charge in [0.05, 0.1) is 46.4 Å². The molecule has 0 saturated carbocycles. The van der Waals surface area contributed by atoms with Gasteiger partial charge in [0.1, 0.15) is 5.75 Å². The minimum Gasteiger partial charge on any atom is -0.491 e. The smallest absolute Gasteiger partial charge is 0.338 e. The van der Waals surface area contributed by atoms with Gasteiger partial charge in [0.15, 0.2) is 4.80 Å². The number of allylic oxidation sites excluding steroid dienone is 1. The average molecular weight is 557 g/mol. The monoisotopic (exact) mass is 556 g/mol. The summed E-state index contributed by atoms with van der Waals surface area (Å²) >= 11 is 1.31. The molecule has 1 aromatic carbocycles. The molecule has 0 fully saturated rings. The maximum absolute atomic E-state index is 14.0. The number of hydrogen-bond donors (Lipinski definition) is 0. The van der Waals surface area contributed by atoms with Crippen molar-refractivity contribution in [3.63, 3.8) is 0 Å². The second kappa shape index (κ2) is 11.1. The molecule has 0 bridgehead atoms. The van der Waals surface area contributed by atoms with E-state index in [0.717, 1.165) is 28.2 Å². The van der Waals surface area contributed by atoms with E-state index < -0.39 is 12.0 Å². The van der Waals surface area contributed by atoms with Gasteiger partial charge < -0.3 is 14.0 Å². The summed E-state index contributed by atoms with van der Waals surface area (Å²) in [5.41, 5.74) is 5.37. The van der Waals surface area contributed by atoms with Crippen LogP contribution in [0.3, 0.4) is 0 Å². The maximum Gasteiger partial charge on any atom is 0.338 e. The SMILES string of the molecule is CCOC(=O)C1=C(C)N=c2s/c(=C/c3cc(C)n(-c4cccnc4)c3C)c(=O)n2[C@@H]1c1ccc(OC(C)C)cc1. The number of ether oxygens (including phenoxy) is 2. The zero-order valence-corrected chi connectivity index (χ0v) is 24.3. The van der Waals surface area contributed by atoms with E-state index in [0.29, 0.717) is 26.4 Å². The fourth-order valence-electron chi connectivity index (χ4n) is 5.07. The Hall–Kier alpha value is -4.24. The summed E-state index contributed by atoms with van der Waals surface area (Å²) in [5, 5.41) is 0. The molecule has 4 heterocycles. The van der Waals surface area contributed by atoms with E-state index in [1.807, 2.05) is 76.4 Å². The normalized spacial score (nSPS) is 15.3. The van der Waals surface area contributed by atoms with E-state index in [9.17, 15) is 9.59 Å². The Balaban J connectivity index is 1.66. The summed E-state index contributed by atoms with van der Waals surface area (Å²) in [6.07, 6.45) is 5.49. The van der Waals surface area contributed by atoms with E-state index in [1.54, 1.807) is 24.6 Å². The number of carbonyl (C=O) groups excluding carboxylic acids is 1. The van der Waals surface area contributed by atoms with Crippen molar-refractivity contribution in [1.29, 1.82) is 0 Å². The van der Waals surface area contributed by atoms with E-state index in [-0.39, 0.29) is 18.3 Å². The number of nitrogens with zero attached hydrogens (tertiary/aromatic N) is 4. The Morgan fingerprint density at radius 2 is 1.90 bits per heavy atom. The van der Waals surface area contributed by atoms with Crippen LogP contribution in [0.1, 0.15) is 56.3 Å². The molecule has 0 spiro atoms. The number of benzene rings is 1. The lowest BCUT2D eigenvalue weighted by Crippen LogP contribution is -2.39. The first-order valence-electron chi connectivity index (χ1n) is 13.2. The minimum atomic E-state index is -0.673. The first kappa shape index (κ1) is 27.3. The van der Waals surface area contributed by atoms with Crippen LogP contribution in [0.15, 0.2) is 75.9 Å². The van der Waals surface area contributed by atoms with Crippen molar-refractivity contribution in [1.82, 2.24) is 14.1 Å². The zero-order valence-electron chi connectivity index (χ0n) is 23.5. The van der Waals surface area contributed by atoms with Crippen LogP contribution < -0.4 is 19.6 Å². The van der Waals surface area contributed by atoms with Crippen molar-refractivity contribution in [3.05, 3.63) is 108 Å². The largest absolute Gasteiger partial charge is 0.491 e. The van der Waals surface area contributed by atoms with E-state index in [1.165, 1.54) is 11.3 Å². The van der Waals surface area contributed by atoms with Gasteiger partial charge in [-0.05, 0) is 89.1 Å². The molecule has 0 saturated heterocycles. The second-order valence-electron chi connectivity index (χ2n) is 9.91. The summed E-state index contributed by atoms with van der Waals surface area (Å²) in [6, 6.07) is 12.8. The standard InChI is InChI=1S/C31H32N4O4S/c1-7-38-30(37)27-20(5)33-31-35(28(27)22-10-12-25(13-11-22)39-18(2)3)29(36)26(40-31)16-23-15-19(4)34(21(23)6)24-9-8-14-32-17-24/h8-18,28H,7H2,1-6H3/b26-16+/t28-/m1/s1. The number of hydrogen-bond acceptors (Lipinski definition) is 7. The van der Waals surface area contributed by atoms with Crippen molar-refractivity contribution >= 4 is 23.4 Å². The van der Waals surface area contributed by atoms with Gasteiger partial charge >= 0.3 is 5.97 Å². The highest BCUT2D eigenvalue weighted by Gasteiger charge is 2.33. The van der Waals surface area contributed by atoms with E-state index in [2.05, 4.69) is 20.6 Å². The molecule has 1 aliphatic rings. The highest BCUT2D eigenvalue weighted by molar-refractivity contribution is 7.07. The van der Waals surface area contributed by atoms with Crippen LogP contribution in [0.4, 0.5) is 0 Å². The average Bonchev–Trinajstić information content (AvgIpc) is 3.37. The van der Waals surface area contributed by atoms with Crippen molar-refractivity contribution < 1.29 is 14.3 Å². The van der Waals surface area contributed by atoms with Gasteiger partial charge in [0.25, 0.3) is 5.56 Å². The molecule has 0 radical (unpaired) electrons. The molecular formula is C31H32N4O4S. The lowest BCUT2D eigenvalue weighted by Gasteiger charge is -2.25. The lowest BCUT2D eigenvalue weighted by molar-refractivity contribution is -0.139. The van der Waals surface area contributed by atoms with Gasteiger partial charge in [0.2, 0.25) is 0 Å². The van der Waals surface area contributed by atoms with Crippen LogP contribution in [-0.2, 0) is 9.53 Å². The number of fused-ring (bicyclic) bond motifs is 1. The molecule has 5 rings (SSSR count). The number of esters is 1. The Bertz CT molecular complexity index is 1780. The summed E-state index contributed by atoms with van der Waals surface area (Å²) in [6.45, 7) is 11.7. The highest BCUT2D eigenvalue weighted by atomic mass is 32.1. The first-order valence-corrected chi connectivity index (χ1v) is 14.1. The van der Waals surface area contributed by atoms with Crippen molar-refractivity contribution in [2.24, 2.45) is 4.99 Å². The number of carbonyl (C=O) groups is 1. The molecule has 0 amide bonds. The van der Waals surface area contributed by atoms with Crippen LogP contribution in [0.5, 0.6) is 5.75 Å². The van der Waals surface area contributed by atoms with E-state index in [4.69, 9.17) is 9.47 Å². The third kappa shape index (κ3) is 5.04. The third-order valence-electron chi connectivity index (χ3n) is 6.75. The molecule has 3 aromatic heterocycles. The predicted octanol–water partition coefficient (Wildman–Crippen LogP) is 4.39. The summed E-state index contributed by atoms with van der Waals surface area (Å²) in [5.74, 6) is 0.235. The van der Waals surface area contributed by atoms with Crippen LogP contribution in [0, 0.1) is 13.8 Å². The number of aromatic nitrogens is 3. The molecule has 1 atom stereocenters. The molecule has 0 unspecified atom stereocenters. The van der Waals surface area contributed by atoms with Gasteiger partial charge in [-0.25, -0.2) is 9.79 Å². The molecule has 40 heavy (non-hydrogen) atoms. The quantitative estimate of drug-likeness (QED) is 0.315. The van der Waals surface area contributed by atoms with Gasteiger partial charge in [-0.15, -0.1) is 0 Å². The lowest BCUT2D eigenvalue weighted by atomic mass is 9.96. The van der Waals surface area contributed by atoms with Crippen LogP contribution in [0.25, 0.3) is 11.8 Å². The van der Waals surface area contributed by atoms with Crippen molar-refractivity contribution in [2.75, 3.05) is 6.61 Å². The molecule has 9 heteroatoms. The fourth-order valence-corrected chi connectivity index (χ4v) is 6.10. The molecule has 8 nitrogen and oxygen atoms in total. The molecule has 1 aliphatic heterocycles. The molecule has 0 N–H and O–H groups in total. The van der Waals surface area contributed by atoms with Crippen LogP contribution in [-0.4, -0.2) is 32.8 Å². The van der Waals surface area contributed by atoms with Crippen LogP contribution >= 0.6 is 11.3 Å². The second-order valence-corrected chi connectivity index (χ2v) is 10.9. The Morgan fingerprint density at radius 1 is 1.15 bits per heavy atom. The van der Waals surface area contributed by atoms with Gasteiger partial charge in [-0.2, -0.15) is 0 Å². The number of rotatable bonds is 7. The molecule has 0 aliphatic carbocycles. The maximum atomic E-state index is 14.0. The Morgan fingerprint density at radius 3 is 2.55 bits per heavy atom. The third-order valence-corrected chi connectivity index (χ3v) is 7.73. The minimum absolute atomic E-state index is 0.0286. The van der Waals surface area contributed by atoms with Crippen molar-refractivity contribution in [3.8, 4) is 11.4 Å². The summed E-state index contributed by atoms with van der Waals surface area (Å²) in [4.78, 5) is 36.6. The van der Waals surface area contributed by atoms with Crippen molar-refractivity contribution in [2.45, 2.75) is 53.7 Å². The number of thiazole rings is 1. The molecule has 4 aromatic rings. The highest BCUT2D eigenvalue weighted by Crippen LogP contribution is 2.32. The van der Waals surface area contributed by atoms with Gasteiger partial charge in [-0.1, -0.05) is 23.5 Å². The summed E-state index contributed by atoms with van der Waals surface area (Å²) in [7, 11) is 0. The fraction of sp³-hybridized carbons (Fsp3) is 0.290. The predicted molar refractivity (Wildman–Crippen MR) is 156 cm³/mol. The van der Waals surface area contributed by atoms with Gasteiger partial charge in [-0.3, -0.25) is 14.3 Å². The Kier molecular flexibility index (Phi) is 7.58. The molecular weight excluding hydrogens is 524 g/mol. The summed E-state index contributed by atoms with van der Waals surface area (Å²) < 4.78 is 15.5. The first-order chi connectivity index (χ1) is 19.2. The molecule has 206 valence electrons. The zero-order chi connectivity index (χ0) is 28.6. The van der Waals surface area contributed by atoms with E-state index >= 15 is 0 Å². The number of pyridine rings is 1.